The second-order valence-corrected chi connectivity index (χ2v) is 10.3. The molecule has 1 aromatic heterocycles. The highest BCUT2D eigenvalue weighted by Crippen LogP contribution is 2.44. The van der Waals surface area contributed by atoms with Crippen molar-refractivity contribution >= 4 is 44.8 Å². The quantitative estimate of drug-likeness (QED) is 0.790. The number of nitrogens with zero attached hydrogens (tertiary/aromatic N) is 2. The molecule has 2 aliphatic rings. The fourth-order valence-corrected chi connectivity index (χ4v) is 4.87. The van der Waals surface area contributed by atoms with Gasteiger partial charge in [-0.15, -0.1) is 0 Å². The van der Waals surface area contributed by atoms with E-state index < -0.39 is 9.84 Å². The highest BCUT2D eigenvalue weighted by Gasteiger charge is 2.38. The molecule has 1 aromatic carbocycles. The number of rotatable bonds is 4. The van der Waals surface area contributed by atoms with Gasteiger partial charge in [0, 0.05) is 31.2 Å². The lowest BCUT2D eigenvalue weighted by Gasteiger charge is -2.26. The number of sulfone groups is 1. The molecule has 2 unspecified atom stereocenters. The minimum absolute atomic E-state index is 0.0175. The van der Waals surface area contributed by atoms with Crippen molar-refractivity contribution in [3.05, 3.63) is 57.7 Å². The smallest absolute Gasteiger partial charge is 0.255 e. The SMILES string of the molecule is O=C(c1ccc(NC2CC2c2ccc(Cl)c(Cl)c2)nc1)N1CCS(=O)(=O)CC1. The topological polar surface area (TPSA) is 79.4 Å². The summed E-state index contributed by atoms with van der Waals surface area (Å²) < 4.78 is 23.0. The zero-order valence-corrected chi connectivity index (χ0v) is 17.3. The van der Waals surface area contributed by atoms with E-state index in [1.54, 1.807) is 23.1 Å². The van der Waals surface area contributed by atoms with Crippen LogP contribution in [0.5, 0.6) is 0 Å². The Morgan fingerprint density at radius 2 is 1.86 bits per heavy atom. The molecule has 2 heterocycles. The Labute approximate surface area is 173 Å². The van der Waals surface area contributed by atoms with Gasteiger partial charge in [0.1, 0.15) is 5.82 Å². The maximum Gasteiger partial charge on any atom is 0.255 e. The van der Waals surface area contributed by atoms with Gasteiger partial charge >= 0.3 is 0 Å². The van der Waals surface area contributed by atoms with Crippen LogP contribution in [0.4, 0.5) is 5.82 Å². The summed E-state index contributed by atoms with van der Waals surface area (Å²) in [5, 5.41) is 4.46. The van der Waals surface area contributed by atoms with Crippen LogP contribution < -0.4 is 5.32 Å². The first-order valence-corrected chi connectivity index (χ1v) is 11.6. The number of benzene rings is 1. The average molecular weight is 440 g/mol. The van der Waals surface area contributed by atoms with Gasteiger partial charge in [0.25, 0.3) is 5.91 Å². The molecule has 2 atom stereocenters. The number of pyridine rings is 1. The first-order chi connectivity index (χ1) is 13.3. The van der Waals surface area contributed by atoms with E-state index in [4.69, 9.17) is 23.2 Å². The summed E-state index contributed by atoms with van der Waals surface area (Å²) in [5.41, 5.74) is 1.60. The molecular weight excluding hydrogens is 421 g/mol. The van der Waals surface area contributed by atoms with Crippen molar-refractivity contribution in [2.24, 2.45) is 0 Å². The lowest BCUT2D eigenvalue weighted by Crippen LogP contribution is -2.43. The Morgan fingerprint density at radius 1 is 1.11 bits per heavy atom. The number of anilines is 1. The molecule has 2 aromatic rings. The van der Waals surface area contributed by atoms with E-state index in [1.165, 1.54) is 6.20 Å². The van der Waals surface area contributed by atoms with Gasteiger partial charge in [0.2, 0.25) is 0 Å². The lowest BCUT2D eigenvalue weighted by atomic mass is 10.1. The molecule has 28 heavy (non-hydrogen) atoms. The van der Waals surface area contributed by atoms with Gasteiger partial charge in [-0.3, -0.25) is 4.79 Å². The molecule has 148 valence electrons. The van der Waals surface area contributed by atoms with Crippen molar-refractivity contribution in [3.63, 3.8) is 0 Å². The number of halogens is 2. The number of nitrogens with one attached hydrogen (secondary N) is 1. The zero-order chi connectivity index (χ0) is 19.9. The van der Waals surface area contributed by atoms with Crippen LogP contribution in [0.1, 0.15) is 28.3 Å². The number of amides is 1. The van der Waals surface area contributed by atoms with Crippen molar-refractivity contribution in [2.45, 2.75) is 18.4 Å². The van der Waals surface area contributed by atoms with Crippen LogP contribution in [-0.4, -0.2) is 54.8 Å². The minimum Gasteiger partial charge on any atom is -0.367 e. The monoisotopic (exact) mass is 439 g/mol. The van der Waals surface area contributed by atoms with Gasteiger partial charge in [0.15, 0.2) is 9.84 Å². The van der Waals surface area contributed by atoms with Crippen molar-refractivity contribution in [1.82, 2.24) is 9.88 Å². The van der Waals surface area contributed by atoms with Crippen LogP contribution in [0.25, 0.3) is 0 Å². The number of carbonyl (C=O) groups excluding carboxylic acids is 1. The van der Waals surface area contributed by atoms with Crippen molar-refractivity contribution in [2.75, 3.05) is 29.9 Å². The van der Waals surface area contributed by atoms with Gasteiger partial charge in [-0.05, 0) is 36.2 Å². The number of aromatic nitrogens is 1. The van der Waals surface area contributed by atoms with Crippen molar-refractivity contribution < 1.29 is 13.2 Å². The fourth-order valence-electron chi connectivity index (χ4n) is 3.36. The van der Waals surface area contributed by atoms with Crippen LogP contribution in [0.3, 0.4) is 0 Å². The molecular formula is C19H19Cl2N3O3S. The molecule has 6 nitrogen and oxygen atoms in total. The van der Waals surface area contributed by atoms with Crippen molar-refractivity contribution in [1.29, 1.82) is 0 Å². The van der Waals surface area contributed by atoms with Crippen LogP contribution in [0, 0.1) is 0 Å². The first-order valence-electron chi connectivity index (χ1n) is 9.00. The molecule has 1 saturated heterocycles. The molecule has 4 rings (SSSR count). The maximum atomic E-state index is 12.5. The van der Waals surface area contributed by atoms with E-state index in [1.807, 2.05) is 12.1 Å². The number of hydrogen-bond acceptors (Lipinski definition) is 5. The highest BCUT2D eigenvalue weighted by atomic mass is 35.5. The summed E-state index contributed by atoms with van der Waals surface area (Å²) >= 11 is 12.1. The minimum atomic E-state index is -3.01. The second-order valence-electron chi connectivity index (χ2n) is 7.14. The third-order valence-corrected chi connectivity index (χ3v) is 7.49. The fraction of sp³-hybridized carbons (Fsp3) is 0.368. The molecule has 0 radical (unpaired) electrons. The molecule has 0 spiro atoms. The lowest BCUT2D eigenvalue weighted by molar-refractivity contribution is 0.0770. The highest BCUT2D eigenvalue weighted by molar-refractivity contribution is 7.91. The summed E-state index contributed by atoms with van der Waals surface area (Å²) in [5.74, 6) is 0.903. The largest absolute Gasteiger partial charge is 0.367 e. The Morgan fingerprint density at radius 3 is 2.50 bits per heavy atom. The Bertz CT molecular complexity index is 998. The van der Waals surface area contributed by atoms with Crippen LogP contribution in [-0.2, 0) is 9.84 Å². The Kier molecular flexibility index (Phi) is 5.24. The van der Waals surface area contributed by atoms with E-state index in [-0.39, 0.29) is 36.5 Å². The summed E-state index contributed by atoms with van der Waals surface area (Å²) in [4.78, 5) is 18.4. The maximum absolute atomic E-state index is 12.5. The van der Waals surface area contributed by atoms with E-state index in [0.29, 0.717) is 27.3 Å². The summed E-state index contributed by atoms with van der Waals surface area (Å²) in [6.07, 6.45) is 2.51. The van der Waals surface area contributed by atoms with Gasteiger partial charge < -0.3 is 10.2 Å². The predicted octanol–water partition coefficient (Wildman–Crippen LogP) is 3.23. The van der Waals surface area contributed by atoms with Crippen LogP contribution >= 0.6 is 23.2 Å². The zero-order valence-electron chi connectivity index (χ0n) is 14.9. The molecule has 1 amide bonds. The van der Waals surface area contributed by atoms with Crippen molar-refractivity contribution in [3.8, 4) is 0 Å². The molecule has 1 saturated carbocycles. The second kappa shape index (κ2) is 7.54. The van der Waals surface area contributed by atoms with Crippen LogP contribution in [0.2, 0.25) is 10.0 Å². The molecule has 1 aliphatic carbocycles. The molecule has 1 aliphatic heterocycles. The number of hydrogen-bond donors (Lipinski definition) is 1. The third kappa shape index (κ3) is 4.26. The number of carbonyl (C=O) groups is 1. The van der Waals surface area contributed by atoms with Gasteiger partial charge in [-0.25, -0.2) is 13.4 Å². The van der Waals surface area contributed by atoms with E-state index >= 15 is 0 Å². The standard InChI is InChI=1S/C19H19Cl2N3O3S/c20-15-3-1-12(9-16(15)21)14-10-17(14)23-18-4-2-13(11-22-18)19(25)24-5-7-28(26,27)8-6-24/h1-4,9,11,14,17H,5-8,10H2,(H,22,23). The van der Waals surface area contributed by atoms with Crippen LogP contribution in [0.15, 0.2) is 36.5 Å². The van der Waals surface area contributed by atoms with E-state index in [2.05, 4.69) is 10.3 Å². The molecule has 1 N–H and O–H groups in total. The van der Waals surface area contributed by atoms with E-state index in [9.17, 15) is 13.2 Å². The molecule has 2 fully saturated rings. The first kappa shape index (κ1) is 19.5. The predicted molar refractivity (Wildman–Crippen MR) is 110 cm³/mol. The van der Waals surface area contributed by atoms with Gasteiger partial charge in [-0.2, -0.15) is 0 Å². The Balaban J connectivity index is 1.35. The van der Waals surface area contributed by atoms with Gasteiger partial charge in [0.05, 0.1) is 27.1 Å². The van der Waals surface area contributed by atoms with Gasteiger partial charge in [-0.1, -0.05) is 29.3 Å². The summed E-state index contributed by atoms with van der Waals surface area (Å²) in [6, 6.07) is 9.44. The molecule has 0 bridgehead atoms. The average Bonchev–Trinajstić information content (AvgIpc) is 3.43. The van der Waals surface area contributed by atoms with E-state index in [0.717, 1.165) is 12.0 Å². The third-order valence-electron chi connectivity index (χ3n) is 5.14. The summed E-state index contributed by atoms with van der Waals surface area (Å²) in [7, 11) is -3.01. The summed E-state index contributed by atoms with van der Waals surface area (Å²) in [6.45, 7) is 0.461. The molecule has 9 heteroatoms. The normalized spacial score (nSPS) is 23.3. The Hall–Kier alpha value is -1.83.